The Labute approximate surface area is 63.6 Å². The molecule has 0 aliphatic carbocycles. The van der Waals surface area contributed by atoms with Crippen LogP contribution in [0.1, 0.15) is 5.56 Å². The van der Waals surface area contributed by atoms with Gasteiger partial charge in [0.05, 0.1) is 11.4 Å². The average molecular weight is 152 g/mol. The van der Waals surface area contributed by atoms with Crippen molar-refractivity contribution < 1.29 is 9.78 Å². The van der Waals surface area contributed by atoms with Crippen molar-refractivity contribution in [3.05, 3.63) is 17.7 Å². The van der Waals surface area contributed by atoms with Crippen LogP contribution in [0.5, 0.6) is 5.75 Å². The second-order valence-electron chi connectivity index (χ2n) is 2.43. The molecule has 0 radical (unpaired) electrons. The summed E-state index contributed by atoms with van der Waals surface area (Å²) in [4.78, 5) is 9.51. The van der Waals surface area contributed by atoms with Gasteiger partial charge in [-0.3, -0.25) is 0 Å². The van der Waals surface area contributed by atoms with Gasteiger partial charge >= 0.3 is 0 Å². The lowest BCUT2D eigenvalue weighted by molar-refractivity contribution is -0.194. The number of hydrogen-bond donors (Lipinski definition) is 2. The summed E-state index contributed by atoms with van der Waals surface area (Å²) in [6.07, 6.45) is 0. The van der Waals surface area contributed by atoms with E-state index in [0.29, 0.717) is 23.7 Å². The molecule has 1 heterocycles. The van der Waals surface area contributed by atoms with Crippen molar-refractivity contribution in [2.24, 2.45) is 0 Å². The largest absolute Gasteiger partial charge is 0.397 e. The highest BCUT2D eigenvalue weighted by molar-refractivity contribution is 5.67. The molecule has 0 bridgehead atoms. The summed E-state index contributed by atoms with van der Waals surface area (Å²) in [6, 6.07) is 3.43. The lowest BCUT2D eigenvalue weighted by atomic mass is 10.1. The first-order valence-electron chi connectivity index (χ1n) is 3.25. The Bertz CT molecular complexity index is 270. The van der Waals surface area contributed by atoms with E-state index in [9.17, 15) is 0 Å². The van der Waals surface area contributed by atoms with E-state index < -0.39 is 0 Å². The van der Waals surface area contributed by atoms with E-state index in [4.69, 9.17) is 21.2 Å². The zero-order valence-corrected chi connectivity index (χ0v) is 5.83. The Hall–Kier alpha value is -1.42. The van der Waals surface area contributed by atoms with Gasteiger partial charge in [-0.05, 0) is 6.07 Å². The van der Waals surface area contributed by atoms with Crippen molar-refractivity contribution in [1.82, 2.24) is 0 Å². The van der Waals surface area contributed by atoms with Crippen LogP contribution in [0.2, 0.25) is 0 Å². The lowest BCUT2D eigenvalue weighted by Crippen LogP contribution is -1.94. The van der Waals surface area contributed by atoms with Gasteiger partial charge in [-0.2, -0.15) is 4.89 Å². The van der Waals surface area contributed by atoms with Gasteiger partial charge < -0.3 is 16.4 Å². The molecule has 0 fully saturated rings. The molecule has 58 valence electrons. The van der Waals surface area contributed by atoms with Crippen LogP contribution in [0.15, 0.2) is 12.1 Å². The Morgan fingerprint density at radius 1 is 1.18 bits per heavy atom. The van der Waals surface area contributed by atoms with E-state index in [-0.39, 0.29) is 0 Å². The van der Waals surface area contributed by atoms with Gasteiger partial charge in [-0.15, -0.1) is 0 Å². The summed E-state index contributed by atoms with van der Waals surface area (Å²) in [5.74, 6) is 0.664. The number of nitrogens with two attached hydrogens (primary N) is 2. The Morgan fingerprint density at radius 3 is 2.73 bits per heavy atom. The predicted molar refractivity (Wildman–Crippen MR) is 40.7 cm³/mol. The van der Waals surface area contributed by atoms with Crippen molar-refractivity contribution in [3.8, 4) is 5.75 Å². The summed E-state index contributed by atoms with van der Waals surface area (Å²) in [6.45, 7) is 0.444. The molecule has 0 unspecified atom stereocenters. The highest BCUT2D eigenvalue weighted by Crippen LogP contribution is 2.31. The van der Waals surface area contributed by atoms with E-state index in [1.165, 1.54) is 0 Å². The topological polar surface area (TPSA) is 70.5 Å². The number of anilines is 2. The molecule has 0 aromatic heterocycles. The predicted octanol–water partition coefficient (Wildman–Crippen LogP) is 0.675. The first-order chi connectivity index (χ1) is 5.27. The molecule has 4 nitrogen and oxygen atoms in total. The van der Waals surface area contributed by atoms with Gasteiger partial charge in [-0.25, -0.2) is 0 Å². The summed E-state index contributed by atoms with van der Waals surface area (Å²) < 4.78 is 0. The highest BCUT2D eigenvalue weighted by atomic mass is 17.2. The fourth-order valence-electron chi connectivity index (χ4n) is 1.01. The Morgan fingerprint density at radius 2 is 1.91 bits per heavy atom. The monoisotopic (exact) mass is 152 g/mol. The number of benzene rings is 1. The molecule has 4 heteroatoms. The smallest absolute Gasteiger partial charge is 0.173 e. The first kappa shape index (κ1) is 6.30. The van der Waals surface area contributed by atoms with E-state index in [1.807, 2.05) is 0 Å². The minimum absolute atomic E-state index is 0.444. The van der Waals surface area contributed by atoms with Crippen molar-refractivity contribution in [2.75, 3.05) is 11.5 Å². The number of fused-ring (bicyclic) bond motifs is 1. The van der Waals surface area contributed by atoms with Crippen LogP contribution in [0.25, 0.3) is 0 Å². The molecule has 0 spiro atoms. The molecule has 1 aromatic rings. The van der Waals surface area contributed by atoms with Crippen LogP contribution in [0.4, 0.5) is 11.4 Å². The maximum absolute atomic E-state index is 5.56. The van der Waals surface area contributed by atoms with Crippen LogP contribution < -0.4 is 16.4 Å². The van der Waals surface area contributed by atoms with E-state index in [2.05, 4.69) is 0 Å². The van der Waals surface area contributed by atoms with Crippen LogP contribution in [-0.2, 0) is 11.5 Å². The molecule has 1 aliphatic rings. The molecule has 1 aliphatic heterocycles. The first-order valence-corrected chi connectivity index (χ1v) is 3.25. The second-order valence-corrected chi connectivity index (χ2v) is 2.43. The third-order valence-electron chi connectivity index (χ3n) is 1.63. The minimum atomic E-state index is 0.444. The fourth-order valence-corrected chi connectivity index (χ4v) is 1.01. The Balaban J connectivity index is 2.57. The summed E-state index contributed by atoms with van der Waals surface area (Å²) in [7, 11) is 0. The average Bonchev–Trinajstić information content (AvgIpc) is 2.36. The molecule has 0 amide bonds. The van der Waals surface area contributed by atoms with Crippen LogP contribution in [-0.4, -0.2) is 0 Å². The molecule has 0 atom stereocenters. The minimum Gasteiger partial charge on any atom is -0.397 e. The number of rotatable bonds is 0. The molecule has 0 saturated carbocycles. The molecular weight excluding hydrogens is 144 g/mol. The van der Waals surface area contributed by atoms with Gasteiger partial charge in [-0.1, -0.05) is 0 Å². The maximum atomic E-state index is 5.56. The molecular formula is C7H8N2O2. The third-order valence-corrected chi connectivity index (χ3v) is 1.63. The summed E-state index contributed by atoms with van der Waals surface area (Å²) >= 11 is 0. The van der Waals surface area contributed by atoms with Crippen molar-refractivity contribution in [1.29, 1.82) is 0 Å². The van der Waals surface area contributed by atoms with Gasteiger partial charge in [0.25, 0.3) is 0 Å². The SMILES string of the molecule is Nc1cc2c(cc1N)OOC2. The summed E-state index contributed by atoms with van der Waals surface area (Å²) in [5.41, 5.74) is 13.1. The third kappa shape index (κ3) is 0.877. The molecule has 11 heavy (non-hydrogen) atoms. The van der Waals surface area contributed by atoms with Crippen LogP contribution in [0, 0.1) is 0 Å². The Kier molecular flexibility index (Phi) is 1.16. The van der Waals surface area contributed by atoms with E-state index >= 15 is 0 Å². The van der Waals surface area contributed by atoms with Crippen LogP contribution in [0.3, 0.4) is 0 Å². The summed E-state index contributed by atoms with van der Waals surface area (Å²) in [5, 5.41) is 0. The second kappa shape index (κ2) is 2.03. The van der Waals surface area contributed by atoms with Gasteiger partial charge in [0.2, 0.25) is 0 Å². The normalized spacial score (nSPS) is 14.2. The highest BCUT2D eigenvalue weighted by Gasteiger charge is 2.14. The molecule has 0 saturated heterocycles. The van der Waals surface area contributed by atoms with Crippen molar-refractivity contribution in [2.45, 2.75) is 6.61 Å². The number of hydrogen-bond acceptors (Lipinski definition) is 4. The standard InChI is InChI=1S/C7H8N2O2/c8-5-1-4-3-10-11-7(4)2-6(5)9/h1-2H,3,8-9H2. The van der Waals surface area contributed by atoms with Crippen LogP contribution >= 0.6 is 0 Å². The van der Waals surface area contributed by atoms with E-state index in [1.54, 1.807) is 12.1 Å². The van der Waals surface area contributed by atoms with Crippen molar-refractivity contribution in [3.63, 3.8) is 0 Å². The quantitative estimate of drug-likeness (QED) is 0.423. The lowest BCUT2D eigenvalue weighted by Gasteiger charge is -2.00. The zero-order chi connectivity index (χ0) is 7.84. The van der Waals surface area contributed by atoms with Gasteiger partial charge in [0.1, 0.15) is 6.61 Å². The fraction of sp³-hybridized carbons (Fsp3) is 0.143. The number of nitrogen functional groups attached to an aromatic ring is 2. The van der Waals surface area contributed by atoms with Gasteiger partial charge in [0.15, 0.2) is 5.75 Å². The van der Waals surface area contributed by atoms with Gasteiger partial charge in [0, 0.05) is 11.6 Å². The molecule has 2 rings (SSSR count). The van der Waals surface area contributed by atoms with E-state index in [0.717, 1.165) is 5.56 Å². The maximum Gasteiger partial charge on any atom is 0.173 e. The van der Waals surface area contributed by atoms with Crippen molar-refractivity contribution >= 4 is 11.4 Å². The molecule has 1 aromatic carbocycles. The molecule has 4 N–H and O–H groups in total. The zero-order valence-electron chi connectivity index (χ0n) is 5.83.